The van der Waals surface area contributed by atoms with Gasteiger partial charge in [-0.25, -0.2) is 9.98 Å². The number of hydrogen-bond acceptors (Lipinski definition) is 10. The maximum atomic E-state index is 12.4. The zero-order chi connectivity index (χ0) is 42.7. The quantitative estimate of drug-likeness (QED) is 0.0309. The summed E-state index contributed by atoms with van der Waals surface area (Å²) in [4.78, 5) is 56.8. The Morgan fingerprint density at radius 2 is 1.30 bits per heavy atom. The van der Waals surface area contributed by atoms with Gasteiger partial charge < -0.3 is 20.1 Å². The number of rotatable bonds is 15. The van der Waals surface area contributed by atoms with Crippen LogP contribution in [0.1, 0.15) is 44.5 Å². The number of aryl methyl sites for hydroxylation is 2. The topological polar surface area (TPSA) is 150 Å². The summed E-state index contributed by atoms with van der Waals surface area (Å²) in [6.07, 6.45) is 10.4. The molecule has 0 aromatic heterocycles. The van der Waals surface area contributed by atoms with Crippen molar-refractivity contribution in [1.29, 1.82) is 0 Å². The Balaban J connectivity index is 1.01. The van der Waals surface area contributed by atoms with Crippen molar-refractivity contribution in [2.45, 2.75) is 26.3 Å². The van der Waals surface area contributed by atoms with Crippen LogP contribution in [0.3, 0.4) is 0 Å². The predicted octanol–water partition coefficient (Wildman–Crippen LogP) is 9.02. The van der Waals surface area contributed by atoms with Gasteiger partial charge in [0.05, 0.1) is 5.75 Å². The van der Waals surface area contributed by atoms with E-state index in [-0.39, 0.29) is 29.2 Å². The number of nitrogens with one attached hydrogen (secondary N) is 2. The first-order valence-electron chi connectivity index (χ1n) is 19.3. The molecule has 3 N–H and O–H groups in total. The minimum atomic E-state index is -0.959. The highest BCUT2D eigenvalue weighted by Crippen LogP contribution is 2.37. The molecule has 61 heavy (non-hydrogen) atoms. The number of thioether (sulfide) groups is 2. The minimum absolute atomic E-state index is 0.0726. The van der Waals surface area contributed by atoms with Crippen LogP contribution in [0.5, 0.6) is 0 Å². The minimum Gasteiger partial charge on any atom is -0.481 e. The predicted molar refractivity (Wildman–Crippen MR) is 248 cm³/mol. The lowest BCUT2D eigenvalue weighted by Gasteiger charge is -2.27. The number of aliphatic carboxylic acids is 1. The van der Waals surface area contributed by atoms with Gasteiger partial charge in [0.2, 0.25) is 0 Å². The fraction of sp³-hybridized carbons (Fsp3) is 0.125. The van der Waals surface area contributed by atoms with Crippen LogP contribution in [0.2, 0.25) is 0 Å². The fourth-order valence-corrected chi connectivity index (χ4v) is 7.78. The lowest BCUT2D eigenvalue weighted by atomic mass is 10.0. The maximum Gasteiger partial charge on any atom is 0.313 e. The Kier molecular flexibility index (Phi) is 13.7. The van der Waals surface area contributed by atoms with Crippen LogP contribution in [0.25, 0.3) is 30.4 Å². The van der Waals surface area contributed by atoms with E-state index in [2.05, 4.69) is 129 Å². The van der Waals surface area contributed by atoms with Crippen LogP contribution < -0.4 is 15.5 Å². The molecule has 0 saturated heterocycles. The molecule has 1 atom stereocenters. The van der Waals surface area contributed by atoms with Gasteiger partial charge in [-0.05, 0) is 101 Å². The number of amidine groups is 2. The van der Waals surface area contributed by atoms with Crippen molar-refractivity contribution < 1.29 is 29.0 Å². The summed E-state index contributed by atoms with van der Waals surface area (Å²) in [6.45, 7) is 4.58. The summed E-state index contributed by atoms with van der Waals surface area (Å²) in [6, 6.07) is 38.6. The number of carbonyl (C=O) groups is 4. The standard InChI is InChI=1S/C48H41N5O6S2/c1-31-3-24-43(32(2)25-31)53(39-20-16-35(17-21-39)6-4-33-8-12-37(13-9-33)26-41-45(57)51-47(49-41)60-28-44(55)56)40-22-18-36(19-23-40)7-5-34-10-14-38(15-11-34)27-42-46(58)52-48(50-42)61-30-59-29-54/h3-25,27,29,41H,26,28,30H2,1-2H3,(H,55,56)(H,49,51,57)(H,50,52,58)/b6-4+,7-5+,42-27-. The summed E-state index contributed by atoms with van der Waals surface area (Å²) in [5.74, 6) is -1.56. The molecule has 0 bridgehead atoms. The van der Waals surface area contributed by atoms with E-state index in [1.54, 1.807) is 6.08 Å². The first-order chi connectivity index (χ1) is 29.6. The van der Waals surface area contributed by atoms with E-state index in [0.29, 0.717) is 23.2 Å². The number of benzene rings is 5. The largest absolute Gasteiger partial charge is 0.481 e. The van der Waals surface area contributed by atoms with Crippen molar-refractivity contribution in [3.05, 3.63) is 165 Å². The Labute approximate surface area is 362 Å². The molecule has 0 radical (unpaired) electrons. The van der Waals surface area contributed by atoms with Gasteiger partial charge >= 0.3 is 5.97 Å². The smallest absolute Gasteiger partial charge is 0.313 e. The molecule has 0 spiro atoms. The van der Waals surface area contributed by atoms with E-state index in [1.165, 1.54) is 5.56 Å². The number of carboxylic acid groups (broad SMARTS) is 1. The highest BCUT2D eigenvalue weighted by Gasteiger charge is 2.27. The highest BCUT2D eigenvalue weighted by molar-refractivity contribution is 8.14. The van der Waals surface area contributed by atoms with Crippen LogP contribution >= 0.6 is 23.5 Å². The zero-order valence-corrected chi connectivity index (χ0v) is 34.9. The first kappa shape index (κ1) is 42.2. The molecule has 7 rings (SSSR count). The first-order valence-corrected chi connectivity index (χ1v) is 21.2. The second kappa shape index (κ2) is 19.9. The molecular weight excluding hydrogens is 807 g/mol. The zero-order valence-electron chi connectivity index (χ0n) is 33.3. The normalized spacial score (nSPS) is 15.5. The molecule has 0 aliphatic carbocycles. The monoisotopic (exact) mass is 847 g/mol. The lowest BCUT2D eigenvalue weighted by Crippen LogP contribution is -2.29. The number of ether oxygens (including phenoxy) is 1. The number of anilines is 3. The van der Waals surface area contributed by atoms with Gasteiger partial charge in [0.1, 0.15) is 17.7 Å². The van der Waals surface area contributed by atoms with Crippen LogP contribution in [-0.4, -0.2) is 57.4 Å². The third-order valence-corrected chi connectivity index (χ3v) is 11.2. The number of carbonyl (C=O) groups excluding carboxylic acids is 3. The van der Waals surface area contributed by atoms with Crippen molar-refractivity contribution in [3.8, 4) is 0 Å². The van der Waals surface area contributed by atoms with E-state index in [1.807, 2.05) is 54.6 Å². The van der Waals surface area contributed by atoms with Crippen LogP contribution in [-0.2, 0) is 30.3 Å². The third-order valence-electron chi connectivity index (χ3n) is 9.63. The Morgan fingerprint density at radius 3 is 1.85 bits per heavy atom. The molecule has 2 aliphatic rings. The molecule has 0 saturated carbocycles. The van der Waals surface area contributed by atoms with E-state index < -0.39 is 12.0 Å². The van der Waals surface area contributed by atoms with E-state index in [9.17, 15) is 19.2 Å². The second-order valence-electron chi connectivity index (χ2n) is 14.1. The Hall–Kier alpha value is -6.96. The Bertz CT molecular complexity index is 2580. The van der Waals surface area contributed by atoms with Gasteiger partial charge in [0.15, 0.2) is 10.3 Å². The number of aliphatic imine (C=N–C) groups is 2. The number of hydrogen-bond donors (Lipinski definition) is 3. The van der Waals surface area contributed by atoms with Crippen LogP contribution in [0.4, 0.5) is 17.1 Å². The molecule has 13 heteroatoms. The SMILES string of the molecule is Cc1ccc(N(c2ccc(/C=C/c3ccc(/C=C4\N=C(SCOC=O)NC4=O)cc3)cc2)c2ccc(/C=C/c3ccc(CC4N=C(SCC(=O)O)NC4=O)cc3)cc2)c(C)c1. The number of nitrogens with zero attached hydrogens (tertiary/aromatic N) is 3. The summed E-state index contributed by atoms with van der Waals surface area (Å²) >= 11 is 2.14. The van der Waals surface area contributed by atoms with Crippen LogP contribution in [0, 0.1) is 13.8 Å². The molecule has 2 aliphatic heterocycles. The van der Waals surface area contributed by atoms with Crippen molar-refractivity contribution in [2.24, 2.45) is 9.98 Å². The van der Waals surface area contributed by atoms with Gasteiger partial charge in [-0.15, -0.1) is 0 Å². The number of amides is 2. The van der Waals surface area contributed by atoms with E-state index in [0.717, 1.165) is 79.5 Å². The van der Waals surface area contributed by atoms with E-state index >= 15 is 0 Å². The summed E-state index contributed by atoms with van der Waals surface area (Å²) < 4.78 is 4.66. The van der Waals surface area contributed by atoms with Crippen LogP contribution in [0.15, 0.2) is 131 Å². The summed E-state index contributed by atoms with van der Waals surface area (Å²) in [5.41, 5.74) is 11.7. The molecule has 5 aromatic rings. The van der Waals surface area contributed by atoms with Gasteiger partial charge in [0, 0.05) is 23.5 Å². The average molecular weight is 848 g/mol. The summed E-state index contributed by atoms with van der Waals surface area (Å²) in [7, 11) is 0. The molecule has 5 aromatic carbocycles. The highest BCUT2D eigenvalue weighted by atomic mass is 32.2. The number of carboxylic acids is 1. The van der Waals surface area contributed by atoms with Gasteiger partial charge in [-0.3, -0.25) is 24.5 Å². The van der Waals surface area contributed by atoms with Gasteiger partial charge in [-0.2, -0.15) is 0 Å². The van der Waals surface area contributed by atoms with Crippen molar-refractivity contribution in [1.82, 2.24) is 10.6 Å². The summed E-state index contributed by atoms with van der Waals surface area (Å²) in [5, 5.41) is 15.0. The van der Waals surface area contributed by atoms with Crippen molar-refractivity contribution in [2.75, 3.05) is 16.6 Å². The molecule has 11 nitrogen and oxygen atoms in total. The van der Waals surface area contributed by atoms with Crippen molar-refractivity contribution >= 4 is 106 Å². The molecule has 0 fully saturated rings. The molecule has 2 amide bonds. The molecule has 1 unspecified atom stereocenters. The van der Waals surface area contributed by atoms with Gasteiger partial charge in [-0.1, -0.05) is 127 Å². The van der Waals surface area contributed by atoms with E-state index in [4.69, 9.17) is 5.11 Å². The second-order valence-corrected chi connectivity index (χ2v) is 16.0. The van der Waals surface area contributed by atoms with Gasteiger partial charge in [0.25, 0.3) is 18.3 Å². The van der Waals surface area contributed by atoms with Crippen molar-refractivity contribution in [3.63, 3.8) is 0 Å². The lowest BCUT2D eigenvalue weighted by molar-refractivity contribution is -0.134. The third kappa shape index (κ3) is 11.4. The Morgan fingerprint density at radius 1 is 0.738 bits per heavy atom. The molecule has 306 valence electrons. The maximum absolute atomic E-state index is 12.4. The molecular formula is C48H41N5O6S2. The molecule has 2 heterocycles. The average Bonchev–Trinajstić information content (AvgIpc) is 3.80. The fourth-order valence-electron chi connectivity index (χ4n) is 6.58.